The Kier molecular flexibility index (Phi) is 8.67. The maximum Gasteiger partial charge on any atom is 0.326 e. The average molecular weight is 437 g/mol. The van der Waals surface area contributed by atoms with E-state index >= 15 is 0 Å². The van der Waals surface area contributed by atoms with Crippen molar-refractivity contribution in [3.05, 3.63) is 35.9 Å². The molecule has 1 saturated heterocycles. The standard InChI is InChI=1S/C20H28N4O5S/c1-12(21)19(27)24-9-5-8-16(24)18(26)23-15(11-30)17(25)22-14(20(28)29)10-13-6-3-2-4-7-13/h2-4,6-7,12,14-16,30H,5,8-11,21H2,1H3,(H,22,25)(H,23,26)(H,28,29). The molecule has 0 bridgehead atoms. The lowest BCUT2D eigenvalue weighted by atomic mass is 10.1. The van der Waals surface area contributed by atoms with E-state index in [1.54, 1.807) is 31.2 Å². The van der Waals surface area contributed by atoms with Crippen molar-refractivity contribution in [2.45, 2.75) is 50.4 Å². The Bertz CT molecular complexity index is 774. The summed E-state index contributed by atoms with van der Waals surface area (Å²) in [5, 5.41) is 14.5. The quantitative estimate of drug-likeness (QED) is 0.332. The zero-order valence-corrected chi connectivity index (χ0v) is 17.7. The molecule has 4 unspecified atom stereocenters. The lowest BCUT2D eigenvalue weighted by Gasteiger charge is -2.27. The van der Waals surface area contributed by atoms with Crippen molar-refractivity contribution in [1.29, 1.82) is 0 Å². The molecule has 0 radical (unpaired) electrons. The maximum absolute atomic E-state index is 12.7. The summed E-state index contributed by atoms with van der Waals surface area (Å²) in [5.41, 5.74) is 6.40. The Morgan fingerprint density at radius 1 is 1.20 bits per heavy atom. The Hall–Kier alpha value is -2.59. The highest BCUT2D eigenvalue weighted by atomic mass is 32.1. The summed E-state index contributed by atoms with van der Waals surface area (Å²) in [6.45, 7) is 1.98. The second kappa shape index (κ2) is 11.0. The van der Waals surface area contributed by atoms with E-state index in [1.165, 1.54) is 4.90 Å². The smallest absolute Gasteiger partial charge is 0.326 e. The Morgan fingerprint density at radius 3 is 2.43 bits per heavy atom. The Balaban J connectivity index is 2.01. The molecule has 2 rings (SSSR count). The van der Waals surface area contributed by atoms with Crippen LogP contribution in [0.25, 0.3) is 0 Å². The van der Waals surface area contributed by atoms with Gasteiger partial charge in [-0.05, 0) is 25.3 Å². The molecule has 30 heavy (non-hydrogen) atoms. The van der Waals surface area contributed by atoms with Gasteiger partial charge in [-0.15, -0.1) is 0 Å². The summed E-state index contributed by atoms with van der Waals surface area (Å²) < 4.78 is 0. The number of aliphatic carboxylic acids is 1. The highest BCUT2D eigenvalue weighted by molar-refractivity contribution is 7.80. The number of carbonyl (C=O) groups excluding carboxylic acids is 3. The first-order valence-corrected chi connectivity index (χ1v) is 10.4. The summed E-state index contributed by atoms with van der Waals surface area (Å²) in [6, 6.07) is 5.29. The molecule has 1 aliphatic heterocycles. The van der Waals surface area contributed by atoms with Crippen LogP contribution in [0.2, 0.25) is 0 Å². The molecule has 0 aromatic heterocycles. The van der Waals surface area contributed by atoms with Crippen molar-refractivity contribution >= 4 is 36.3 Å². The van der Waals surface area contributed by atoms with Crippen molar-refractivity contribution in [3.8, 4) is 0 Å². The van der Waals surface area contributed by atoms with Gasteiger partial charge in [-0.25, -0.2) is 4.79 Å². The number of nitrogens with zero attached hydrogens (tertiary/aromatic N) is 1. The van der Waals surface area contributed by atoms with Gasteiger partial charge in [-0.1, -0.05) is 30.3 Å². The van der Waals surface area contributed by atoms with E-state index in [9.17, 15) is 24.3 Å². The number of benzene rings is 1. The van der Waals surface area contributed by atoms with Crippen LogP contribution in [0.1, 0.15) is 25.3 Å². The van der Waals surface area contributed by atoms with Gasteiger partial charge in [-0.3, -0.25) is 14.4 Å². The van der Waals surface area contributed by atoms with Crippen molar-refractivity contribution in [2.24, 2.45) is 5.73 Å². The highest BCUT2D eigenvalue weighted by Gasteiger charge is 2.36. The molecule has 0 aliphatic carbocycles. The number of likely N-dealkylation sites (tertiary alicyclic amines) is 1. The molecule has 4 atom stereocenters. The fourth-order valence-corrected chi connectivity index (χ4v) is 3.61. The van der Waals surface area contributed by atoms with Crippen molar-refractivity contribution in [1.82, 2.24) is 15.5 Å². The summed E-state index contributed by atoms with van der Waals surface area (Å²) in [4.78, 5) is 50.5. The first kappa shape index (κ1) is 23.7. The molecule has 5 N–H and O–H groups in total. The molecule has 1 aromatic rings. The summed E-state index contributed by atoms with van der Waals surface area (Å²) >= 11 is 4.12. The molecule has 1 fully saturated rings. The second-order valence-corrected chi connectivity index (χ2v) is 7.68. The van der Waals surface area contributed by atoms with Gasteiger partial charge in [0.05, 0.1) is 6.04 Å². The van der Waals surface area contributed by atoms with E-state index in [-0.39, 0.29) is 18.1 Å². The van der Waals surface area contributed by atoms with E-state index in [4.69, 9.17) is 5.73 Å². The molecule has 0 spiro atoms. The largest absolute Gasteiger partial charge is 0.480 e. The number of nitrogens with one attached hydrogen (secondary N) is 2. The van der Waals surface area contributed by atoms with Crippen LogP contribution in [0.3, 0.4) is 0 Å². The van der Waals surface area contributed by atoms with E-state index in [0.29, 0.717) is 19.4 Å². The first-order valence-electron chi connectivity index (χ1n) is 9.79. The molecular formula is C20H28N4O5S. The maximum atomic E-state index is 12.7. The van der Waals surface area contributed by atoms with E-state index < -0.39 is 42.0 Å². The number of rotatable bonds is 9. The van der Waals surface area contributed by atoms with Crippen LogP contribution >= 0.6 is 12.6 Å². The summed E-state index contributed by atoms with van der Waals surface area (Å²) in [6.07, 6.45) is 1.23. The molecule has 9 nitrogen and oxygen atoms in total. The topological polar surface area (TPSA) is 142 Å². The fraction of sp³-hybridized carbons (Fsp3) is 0.500. The monoisotopic (exact) mass is 436 g/mol. The van der Waals surface area contributed by atoms with Crippen LogP contribution in [0, 0.1) is 0 Å². The molecule has 10 heteroatoms. The van der Waals surface area contributed by atoms with Gasteiger partial charge in [0.1, 0.15) is 18.1 Å². The normalized spacial score (nSPS) is 18.9. The lowest BCUT2D eigenvalue weighted by Crippen LogP contribution is -2.57. The third-order valence-electron chi connectivity index (χ3n) is 4.94. The first-order chi connectivity index (χ1) is 14.2. The Labute approximate surface area is 180 Å². The number of nitrogens with two attached hydrogens (primary N) is 1. The second-order valence-electron chi connectivity index (χ2n) is 7.31. The zero-order valence-electron chi connectivity index (χ0n) is 16.8. The SMILES string of the molecule is CC(N)C(=O)N1CCCC1C(=O)NC(CS)C(=O)NC(Cc1ccccc1)C(=O)O. The highest BCUT2D eigenvalue weighted by Crippen LogP contribution is 2.18. The van der Waals surface area contributed by atoms with E-state index in [0.717, 1.165) is 5.56 Å². The van der Waals surface area contributed by atoms with Gasteiger partial charge < -0.3 is 26.4 Å². The minimum atomic E-state index is -1.18. The molecule has 3 amide bonds. The molecular weight excluding hydrogens is 408 g/mol. The van der Waals surface area contributed by atoms with Crippen molar-refractivity contribution < 1.29 is 24.3 Å². The van der Waals surface area contributed by atoms with Gasteiger partial charge in [-0.2, -0.15) is 12.6 Å². The third-order valence-corrected chi connectivity index (χ3v) is 5.31. The number of carboxylic acid groups (broad SMARTS) is 1. The molecule has 164 valence electrons. The van der Waals surface area contributed by atoms with Gasteiger partial charge in [0.15, 0.2) is 0 Å². The van der Waals surface area contributed by atoms with Gasteiger partial charge in [0, 0.05) is 18.7 Å². The minimum Gasteiger partial charge on any atom is -0.480 e. The van der Waals surface area contributed by atoms with Crippen LogP contribution in [0.4, 0.5) is 0 Å². The molecule has 1 heterocycles. The van der Waals surface area contributed by atoms with Crippen molar-refractivity contribution in [3.63, 3.8) is 0 Å². The fourth-order valence-electron chi connectivity index (χ4n) is 3.35. The van der Waals surface area contributed by atoms with Crippen LogP contribution in [-0.4, -0.2) is 70.2 Å². The van der Waals surface area contributed by atoms with Gasteiger partial charge in [0.25, 0.3) is 0 Å². The number of thiol groups is 1. The summed E-state index contributed by atoms with van der Waals surface area (Å²) in [5.74, 6) is -2.66. The van der Waals surface area contributed by atoms with E-state index in [1.807, 2.05) is 6.07 Å². The van der Waals surface area contributed by atoms with Gasteiger partial charge in [0.2, 0.25) is 17.7 Å². The summed E-state index contributed by atoms with van der Waals surface area (Å²) in [7, 11) is 0. The molecule has 0 saturated carbocycles. The van der Waals surface area contributed by atoms with Crippen LogP contribution in [0.5, 0.6) is 0 Å². The molecule has 1 aliphatic rings. The number of carbonyl (C=O) groups is 4. The number of hydrogen-bond acceptors (Lipinski definition) is 6. The lowest BCUT2D eigenvalue weighted by molar-refractivity contribution is -0.142. The molecule has 1 aromatic carbocycles. The minimum absolute atomic E-state index is 0.0246. The number of amides is 3. The van der Waals surface area contributed by atoms with Crippen LogP contribution < -0.4 is 16.4 Å². The van der Waals surface area contributed by atoms with Crippen molar-refractivity contribution in [2.75, 3.05) is 12.3 Å². The zero-order chi connectivity index (χ0) is 22.3. The van der Waals surface area contributed by atoms with E-state index in [2.05, 4.69) is 23.3 Å². The number of hydrogen-bond donors (Lipinski definition) is 5. The third kappa shape index (κ3) is 6.20. The predicted octanol–water partition coefficient (Wildman–Crippen LogP) is -0.449. The predicted molar refractivity (Wildman–Crippen MR) is 114 cm³/mol. The van der Waals surface area contributed by atoms with Crippen LogP contribution in [0.15, 0.2) is 30.3 Å². The van der Waals surface area contributed by atoms with Gasteiger partial charge >= 0.3 is 5.97 Å². The average Bonchev–Trinajstić information content (AvgIpc) is 3.21. The number of carboxylic acids is 1. The Morgan fingerprint density at radius 2 is 1.87 bits per heavy atom. The van der Waals surface area contributed by atoms with Crippen LogP contribution in [-0.2, 0) is 25.6 Å².